The molecule has 0 aliphatic heterocycles. The molecule has 13 heavy (non-hydrogen) atoms. The number of carbonyl (C=O) groups is 1. The fraction of sp³-hybridized carbons (Fsp3) is 0.333. The summed E-state index contributed by atoms with van der Waals surface area (Å²) in [5.74, 6) is 2.52. The molecule has 0 atom stereocenters. The van der Waals surface area contributed by atoms with Gasteiger partial charge >= 0.3 is 0 Å². The lowest BCUT2D eigenvalue weighted by atomic mass is 10.3. The van der Waals surface area contributed by atoms with E-state index in [9.17, 15) is 4.79 Å². The number of nitrogens with one attached hydrogen (secondary N) is 1. The molecule has 1 aromatic heterocycles. The SMILES string of the molecule is C#CCNCC(=O)Cc1nccs1. The lowest BCUT2D eigenvalue weighted by Gasteiger charge is -1.97. The summed E-state index contributed by atoms with van der Waals surface area (Å²) in [5.41, 5.74) is 0. The second-order valence-corrected chi connectivity index (χ2v) is 3.43. The quantitative estimate of drug-likeness (QED) is 0.547. The maximum Gasteiger partial charge on any atom is 0.153 e. The summed E-state index contributed by atoms with van der Waals surface area (Å²) in [5, 5.41) is 5.55. The molecule has 0 unspecified atom stereocenters. The number of hydrogen-bond donors (Lipinski definition) is 1. The summed E-state index contributed by atoms with van der Waals surface area (Å²) in [6.45, 7) is 0.757. The molecule has 0 aliphatic carbocycles. The van der Waals surface area contributed by atoms with Crippen LogP contribution < -0.4 is 5.32 Å². The van der Waals surface area contributed by atoms with Gasteiger partial charge in [0.05, 0.1) is 24.5 Å². The van der Waals surface area contributed by atoms with Crippen LogP contribution in [0.15, 0.2) is 11.6 Å². The van der Waals surface area contributed by atoms with Gasteiger partial charge in [0.1, 0.15) is 0 Å². The van der Waals surface area contributed by atoms with Crippen molar-refractivity contribution in [3.8, 4) is 12.3 Å². The van der Waals surface area contributed by atoms with Gasteiger partial charge < -0.3 is 0 Å². The van der Waals surface area contributed by atoms with Crippen molar-refractivity contribution >= 4 is 17.1 Å². The van der Waals surface area contributed by atoms with Gasteiger partial charge in [0.15, 0.2) is 5.78 Å². The molecule has 0 bridgehead atoms. The zero-order valence-electron chi connectivity index (χ0n) is 7.12. The molecule has 0 aromatic carbocycles. The molecule has 68 valence electrons. The Bertz CT molecular complexity index is 300. The number of carbonyl (C=O) groups excluding carboxylic acids is 1. The number of terminal acetylenes is 1. The van der Waals surface area contributed by atoms with Gasteiger partial charge in [0.2, 0.25) is 0 Å². The average molecular weight is 194 g/mol. The summed E-state index contributed by atoms with van der Waals surface area (Å²) in [6, 6.07) is 0. The number of ketones is 1. The summed E-state index contributed by atoms with van der Waals surface area (Å²) >= 11 is 1.49. The van der Waals surface area contributed by atoms with Crippen LogP contribution in [0, 0.1) is 12.3 Å². The third kappa shape index (κ3) is 3.83. The van der Waals surface area contributed by atoms with Crippen LogP contribution in [0.25, 0.3) is 0 Å². The highest BCUT2D eigenvalue weighted by molar-refractivity contribution is 7.09. The molecule has 1 N–H and O–H groups in total. The molecule has 1 heterocycles. The Hall–Kier alpha value is -1.18. The summed E-state index contributed by atoms with van der Waals surface area (Å²) in [7, 11) is 0. The number of hydrogen-bond acceptors (Lipinski definition) is 4. The van der Waals surface area contributed by atoms with E-state index in [1.165, 1.54) is 11.3 Å². The van der Waals surface area contributed by atoms with Crippen LogP contribution in [0.3, 0.4) is 0 Å². The van der Waals surface area contributed by atoms with Crippen molar-refractivity contribution in [3.63, 3.8) is 0 Å². The molecule has 0 spiro atoms. The van der Waals surface area contributed by atoms with Crippen LogP contribution in [0.1, 0.15) is 5.01 Å². The van der Waals surface area contributed by atoms with Gasteiger partial charge in [-0.3, -0.25) is 10.1 Å². The van der Waals surface area contributed by atoms with Gasteiger partial charge in [0, 0.05) is 11.6 Å². The maximum absolute atomic E-state index is 11.2. The molecule has 0 amide bonds. The highest BCUT2D eigenvalue weighted by atomic mass is 32.1. The zero-order valence-corrected chi connectivity index (χ0v) is 7.93. The minimum absolute atomic E-state index is 0.116. The standard InChI is InChI=1S/C9H10N2OS/c1-2-3-10-7-8(12)6-9-11-4-5-13-9/h1,4-5,10H,3,6-7H2. The predicted molar refractivity (Wildman–Crippen MR) is 52.5 cm³/mol. The molecule has 1 rings (SSSR count). The summed E-state index contributed by atoms with van der Waals surface area (Å²) in [6.07, 6.45) is 7.11. The Kier molecular flexibility index (Phi) is 4.16. The van der Waals surface area contributed by atoms with E-state index < -0.39 is 0 Å². The van der Waals surface area contributed by atoms with Crippen LogP contribution >= 0.6 is 11.3 Å². The molecule has 0 radical (unpaired) electrons. The van der Waals surface area contributed by atoms with Gasteiger partial charge in [-0.15, -0.1) is 17.8 Å². The molecule has 3 nitrogen and oxygen atoms in total. The van der Waals surface area contributed by atoms with E-state index in [1.54, 1.807) is 6.20 Å². The van der Waals surface area contributed by atoms with Gasteiger partial charge in [-0.2, -0.15) is 0 Å². The molecule has 0 aliphatic rings. The number of nitrogens with zero attached hydrogens (tertiary/aromatic N) is 1. The Morgan fingerprint density at radius 1 is 1.77 bits per heavy atom. The molecular formula is C9H10N2OS. The second kappa shape index (κ2) is 5.46. The van der Waals surface area contributed by atoms with E-state index in [0.29, 0.717) is 19.5 Å². The Balaban J connectivity index is 2.23. The molecule has 0 saturated carbocycles. The smallest absolute Gasteiger partial charge is 0.153 e. The van der Waals surface area contributed by atoms with E-state index in [4.69, 9.17) is 6.42 Å². The Morgan fingerprint density at radius 2 is 2.62 bits per heavy atom. The predicted octanol–water partition coefficient (Wildman–Crippen LogP) is 0.477. The first kappa shape index (κ1) is 9.90. The molecule has 4 heteroatoms. The summed E-state index contributed by atoms with van der Waals surface area (Å²) in [4.78, 5) is 15.2. The highest BCUT2D eigenvalue weighted by Crippen LogP contribution is 2.04. The molecule has 0 fully saturated rings. The molecule has 0 saturated heterocycles. The monoisotopic (exact) mass is 194 g/mol. The van der Waals surface area contributed by atoms with Crippen LogP contribution in [0.2, 0.25) is 0 Å². The molecule has 1 aromatic rings. The molecular weight excluding hydrogens is 184 g/mol. The Morgan fingerprint density at radius 3 is 3.23 bits per heavy atom. The minimum atomic E-state index is 0.116. The van der Waals surface area contributed by atoms with Gasteiger partial charge in [-0.25, -0.2) is 4.98 Å². The second-order valence-electron chi connectivity index (χ2n) is 2.45. The Labute approximate surface area is 81.2 Å². The fourth-order valence-corrected chi connectivity index (χ4v) is 1.49. The third-order valence-electron chi connectivity index (χ3n) is 1.38. The van der Waals surface area contributed by atoms with Gasteiger partial charge in [-0.05, 0) is 0 Å². The van der Waals surface area contributed by atoms with Crippen molar-refractivity contribution in [2.75, 3.05) is 13.1 Å². The van der Waals surface area contributed by atoms with Crippen molar-refractivity contribution in [2.24, 2.45) is 0 Å². The van der Waals surface area contributed by atoms with E-state index in [-0.39, 0.29) is 5.78 Å². The lowest BCUT2D eigenvalue weighted by molar-refractivity contribution is -0.117. The fourth-order valence-electron chi connectivity index (χ4n) is 0.846. The number of rotatable bonds is 5. The van der Waals surface area contributed by atoms with E-state index >= 15 is 0 Å². The summed E-state index contributed by atoms with van der Waals surface area (Å²) < 4.78 is 0. The number of Topliss-reactive ketones (excluding diaryl/α,β-unsaturated/α-hetero) is 1. The van der Waals surface area contributed by atoms with Crippen molar-refractivity contribution in [1.82, 2.24) is 10.3 Å². The topological polar surface area (TPSA) is 42.0 Å². The first-order valence-electron chi connectivity index (χ1n) is 3.87. The van der Waals surface area contributed by atoms with Crippen LogP contribution in [0.5, 0.6) is 0 Å². The first-order valence-corrected chi connectivity index (χ1v) is 4.75. The van der Waals surface area contributed by atoms with Gasteiger partial charge in [0.25, 0.3) is 0 Å². The van der Waals surface area contributed by atoms with Crippen LogP contribution in [-0.4, -0.2) is 23.9 Å². The van der Waals surface area contributed by atoms with Crippen molar-refractivity contribution in [3.05, 3.63) is 16.6 Å². The normalized spacial score (nSPS) is 9.46. The number of aromatic nitrogens is 1. The number of thiazole rings is 1. The van der Waals surface area contributed by atoms with Crippen molar-refractivity contribution in [2.45, 2.75) is 6.42 Å². The third-order valence-corrected chi connectivity index (χ3v) is 2.16. The maximum atomic E-state index is 11.2. The first-order chi connectivity index (χ1) is 6.33. The zero-order chi connectivity index (χ0) is 9.52. The van der Waals surface area contributed by atoms with E-state index in [2.05, 4.69) is 16.2 Å². The van der Waals surface area contributed by atoms with E-state index in [0.717, 1.165) is 5.01 Å². The largest absolute Gasteiger partial charge is 0.299 e. The van der Waals surface area contributed by atoms with Gasteiger partial charge in [-0.1, -0.05) is 5.92 Å². The average Bonchev–Trinajstić information content (AvgIpc) is 2.57. The van der Waals surface area contributed by atoms with Crippen LogP contribution in [-0.2, 0) is 11.2 Å². The van der Waals surface area contributed by atoms with Crippen LogP contribution in [0.4, 0.5) is 0 Å². The minimum Gasteiger partial charge on any atom is -0.299 e. The van der Waals surface area contributed by atoms with Crippen molar-refractivity contribution in [1.29, 1.82) is 0 Å². The van der Waals surface area contributed by atoms with E-state index in [1.807, 2.05) is 5.38 Å². The van der Waals surface area contributed by atoms with Crippen molar-refractivity contribution < 1.29 is 4.79 Å². The highest BCUT2D eigenvalue weighted by Gasteiger charge is 2.03. The lowest BCUT2D eigenvalue weighted by Crippen LogP contribution is -2.24.